The monoisotopic (exact) mass is 262 g/mol. The van der Waals surface area contributed by atoms with Crippen molar-refractivity contribution in [2.24, 2.45) is 0 Å². The third-order valence-corrected chi connectivity index (χ3v) is 3.31. The highest BCUT2D eigenvalue weighted by Gasteiger charge is 2.07. The fourth-order valence-electron chi connectivity index (χ4n) is 2.18. The van der Waals surface area contributed by atoms with Crippen molar-refractivity contribution in [1.82, 2.24) is 10.2 Å². The van der Waals surface area contributed by atoms with Crippen molar-refractivity contribution >= 4 is 6.08 Å². The fourth-order valence-corrected chi connectivity index (χ4v) is 2.18. The van der Waals surface area contributed by atoms with Crippen LogP contribution in [0.25, 0.3) is 6.08 Å². The minimum absolute atomic E-state index is 0.816. The lowest BCUT2D eigenvalue weighted by atomic mass is 10.1. The van der Waals surface area contributed by atoms with Crippen LogP contribution in [0.4, 0.5) is 0 Å². The maximum Gasteiger partial charge on any atom is 0.129 e. The topological polar surface area (TPSA) is 33.7 Å². The molecule has 1 N–H and O–H groups in total. The van der Waals surface area contributed by atoms with Crippen molar-refractivity contribution in [1.29, 1.82) is 0 Å². The van der Waals surface area contributed by atoms with E-state index in [1.807, 2.05) is 18.2 Å². The zero-order chi connectivity index (χ0) is 13.5. The molecular formula is C15H22N2O2. The van der Waals surface area contributed by atoms with Crippen LogP contribution in [0.15, 0.2) is 24.3 Å². The normalized spacial score (nSPS) is 16.7. The van der Waals surface area contributed by atoms with Gasteiger partial charge in [-0.15, -0.1) is 0 Å². The second-order valence-electron chi connectivity index (χ2n) is 4.56. The lowest BCUT2D eigenvalue weighted by Gasteiger charge is -2.25. The summed E-state index contributed by atoms with van der Waals surface area (Å²) in [5, 5.41) is 3.35. The van der Waals surface area contributed by atoms with Crippen LogP contribution in [0.5, 0.6) is 11.5 Å². The standard InChI is InChI=1S/C15H22N2O2/c1-18-14-6-5-13(15(12-14)19-2)4-3-9-17-10-7-16-8-11-17/h3-6,12,16H,7-11H2,1-2H3/b4-3+. The van der Waals surface area contributed by atoms with Crippen LogP contribution in [0.3, 0.4) is 0 Å². The quantitative estimate of drug-likeness (QED) is 0.874. The molecule has 4 heteroatoms. The van der Waals surface area contributed by atoms with Crippen LogP contribution in [0, 0.1) is 0 Å². The van der Waals surface area contributed by atoms with E-state index in [-0.39, 0.29) is 0 Å². The average molecular weight is 262 g/mol. The summed E-state index contributed by atoms with van der Waals surface area (Å²) in [7, 11) is 3.34. The van der Waals surface area contributed by atoms with Gasteiger partial charge in [-0.3, -0.25) is 4.90 Å². The lowest BCUT2D eigenvalue weighted by Crippen LogP contribution is -2.43. The predicted octanol–water partition coefficient (Wildman–Crippen LogP) is 1.62. The van der Waals surface area contributed by atoms with Gasteiger partial charge in [0.1, 0.15) is 11.5 Å². The molecule has 1 aliphatic heterocycles. The smallest absolute Gasteiger partial charge is 0.129 e. The number of hydrogen-bond donors (Lipinski definition) is 1. The van der Waals surface area contributed by atoms with Gasteiger partial charge in [-0.1, -0.05) is 12.2 Å². The number of hydrogen-bond acceptors (Lipinski definition) is 4. The van der Waals surface area contributed by atoms with Gasteiger partial charge in [-0.05, 0) is 12.1 Å². The Bertz CT molecular complexity index is 426. The minimum atomic E-state index is 0.816. The number of nitrogens with zero attached hydrogens (tertiary/aromatic N) is 1. The molecule has 1 aromatic carbocycles. The third kappa shape index (κ3) is 3.98. The van der Waals surface area contributed by atoms with Gasteiger partial charge in [-0.2, -0.15) is 0 Å². The summed E-state index contributed by atoms with van der Waals surface area (Å²) >= 11 is 0. The highest BCUT2D eigenvalue weighted by Crippen LogP contribution is 2.25. The van der Waals surface area contributed by atoms with Crippen molar-refractivity contribution in [2.45, 2.75) is 0 Å². The SMILES string of the molecule is COc1ccc(/C=C/CN2CCNCC2)c(OC)c1. The van der Waals surface area contributed by atoms with Gasteiger partial charge in [0, 0.05) is 44.4 Å². The molecule has 19 heavy (non-hydrogen) atoms. The number of benzene rings is 1. The molecular weight excluding hydrogens is 240 g/mol. The Hall–Kier alpha value is -1.52. The van der Waals surface area contributed by atoms with E-state index in [1.165, 1.54) is 0 Å². The first kappa shape index (κ1) is 13.9. The van der Waals surface area contributed by atoms with Crippen LogP contribution in [-0.4, -0.2) is 51.8 Å². The molecule has 1 saturated heterocycles. The second-order valence-corrected chi connectivity index (χ2v) is 4.56. The molecule has 0 bridgehead atoms. The van der Waals surface area contributed by atoms with Crippen LogP contribution >= 0.6 is 0 Å². The van der Waals surface area contributed by atoms with Crippen molar-refractivity contribution in [3.05, 3.63) is 29.8 Å². The summed E-state index contributed by atoms with van der Waals surface area (Å²) < 4.78 is 10.6. The van der Waals surface area contributed by atoms with Gasteiger partial charge in [-0.25, -0.2) is 0 Å². The van der Waals surface area contributed by atoms with Crippen LogP contribution in [-0.2, 0) is 0 Å². The van der Waals surface area contributed by atoms with E-state index in [4.69, 9.17) is 9.47 Å². The van der Waals surface area contributed by atoms with Gasteiger partial charge in [0.25, 0.3) is 0 Å². The molecule has 0 amide bonds. The molecule has 0 unspecified atom stereocenters. The average Bonchev–Trinajstić information content (AvgIpc) is 2.48. The Morgan fingerprint density at radius 1 is 1.21 bits per heavy atom. The highest BCUT2D eigenvalue weighted by atomic mass is 16.5. The molecule has 2 rings (SSSR count). The van der Waals surface area contributed by atoms with E-state index < -0.39 is 0 Å². The van der Waals surface area contributed by atoms with Crippen molar-refractivity contribution in [3.63, 3.8) is 0 Å². The van der Waals surface area contributed by atoms with E-state index in [9.17, 15) is 0 Å². The van der Waals surface area contributed by atoms with E-state index >= 15 is 0 Å². The molecule has 0 atom stereocenters. The van der Waals surface area contributed by atoms with E-state index in [2.05, 4.69) is 22.4 Å². The van der Waals surface area contributed by atoms with E-state index in [0.29, 0.717) is 0 Å². The number of rotatable bonds is 5. The highest BCUT2D eigenvalue weighted by molar-refractivity contribution is 5.59. The molecule has 0 aliphatic carbocycles. The Labute approximate surface area is 115 Å². The largest absolute Gasteiger partial charge is 0.497 e. The Balaban J connectivity index is 1.97. The Morgan fingerprint density at radius 3 is 2.68 bits per heavy atom. The molecule has 0 spiro atoms. The van der Waals surface area contributed by atoms with Gasteiger partial charge in [0.05, 0.1) is 14.2 Å². The van der Waals surface area contributed by atoms with Gasteiger partial charge >= 0.3 is 0 Å². The van der Waals surface area contributed by atoms with Crippen LogP contribution in [0.2, 0.25) is 0 Å². The molecule has 0 radical (unpaired) electrons. The van der Waals surface area contributed by atoms with Crippen molar-refractivity contribution < 1.29 is 9.47 Å². The van der Waals surface area contributed by atoms with E-state index in [0.717, 1.165) is 49.8 Å². The van der Waals surface area contributed by atoms with E-state index in [1.54, 1.807) is 14.2 Å². The van der Waals surface area contributed by atoms with Gasteiger partial charge in [0.2, 0.25) is 0 Å². The van der Waals surface area contributed by atoms with Crippen LogP contribution in [0.1, 0.15) is 5.56 Å². The summed E-state index contributed by atoms with van der Waals surface area (Å²) in [5.41, 5.74) is 1.08. The van der Waals surface area contributed by atoms with Gasteiger partial charge < -0.3 is 14.8 Å². The zero-order valence-corrected chi connectivity index (χ0v) is 11.7. The molecule has 1 aliphatic rings. The fraction of sp³-hybridized carbons (Fsp3) is 0.467. The summed E-state index contributed by atoms with van der Waals surface area (Å²) in [4.78, 5) is 2.43. The van der Waals surface area contributed by atoms with Crippen molar-refractivity contribution in [2.75, 3.05) is 46.9 Å². The molecule has 4 nitrogen and oxygen atoms in total. The molecule has 104 valence electrons. The maximum atomic E-state index is 5.38. The molecule has 1 aromatic rings. The molecule has 1 fully saturated rings. The summed E-state index contributed by atoms with van der Waals surface area (Å²) in [6.07, 6.45) is 4.30. The number of methoxy groups -OCH3 is 2. The minimum Gasteiger partial charge on any atom is -0.497 e. The third-order valence-electron chi connectivity index (χ3n) is 3.31. The first-order chi connectivity index (χ1) is 9.33. The first-order valence-electron chi connectivity index (χ1n) is 6.65. The Morgan fingerprint density at radius 2 is 2.00 bits per heavy atom. The molecule has 1 heterocycles. The number of nitrogens with one attached hydrogen (secondary N) is 1. The second kappa shape index (κ2) is 7.16. The number of piperazine rings is 1. The van der Waals surface area contributed by atoms with Gasteiger partial charge in [0.15, 0.2) is 0 Å². The zero-order valence-electron chi connectivity index (χ0n) is 11.7. The lowest BCUT2D eigenvalue weighted by molar-refractivity contribution is 0.265. The number of ether oxygens (including phenoxy) is 2. The first-order valence-corrected chi connectivity index (χ1v) is 6.65. The summed E-state index contributed by atoms with van der Waals surface area (Å²) in [6.45, 7) is 5.38. The molecule has 0 aromatic heterocycles. The summed E-state index contributed by atoms with van der Waals surface area (Å²) in [5.74, 6) is 1.66. The maximum absolute atomic E-state index is 5.38. The summed E-state index contributed by atoms with van der Waals surface area (Å²) in [6, 6.07) is 5.88. The Kier molecular flexibility index (Phi) is 5.24. The predicted molar refractivity (Wildman–Crippen MR) is 77.9 cm³/mol. The van der Waals surface area contributed by atoms with Crippen molar-refractivity contribution in [3.8, 4) is 11.5 Å². The molecule has 0 saturated carbocycles. The van der Waals surface area contributed by atoms with Crippen LogP contribution < -0.4 is 14.8 Å².